The third-order valence-corrected chi connectivity index (χ3v) is 3.93. The molecule has 0 radical (unpaired) electrons. The van der Waals surface area contributed by atoms with E-state index in [-0.39, 0.29) is 29.9 Å². The zero-order chi connectivity index (χ0) is 16.0. The molecule has 112 valence electrons. The molecule has 1 unspecified atom stereocenters. The highest BCUT2D eigenvalue weighted by atomic mass is 16.2. The number of hydrogen-bond donors (Lipinski definition) is 1. The Hall–Kier alpha value is -2.76. The van der Waals surface area contributed by atoms with Crippen molar-refractivity contribution in [3.63, 3.8) is 0 Å². The molecule has 1 fully saturated rings. The van der Waals surface area contributed by atoms with E-state index in [0.717, 1.165) is 4.90 Å². The molecule has 3 rings (SSSR count). The zero-order valence-corrected chi connectivity index (χ0v) is 12.0. The number of imide groups is 2. The van der Waals surface area contributed by atoms with Crippen LogP contribution >= 0.6 is 0 Å². The molecule has 4 amide bonds. The van der Waals surface area contributed by atoms with Gasteiger partial charge in [0, 0.05) is 6.42 Å². The van der Waals surface area contributed by atoms with Gasteiger partial charge < -0.3 is 0 Å². The van der Waals surface area contributed by atoms with Crippen molar-refractivity contribution < 1.29 is 19.2 Å². The average molecular weight is 298 g/mol. The van der Waals surface area contributed by atoms with Gasteiger partial charge in [-0.25, -0.2) is 0 Å². The Labute approximate surface area is 126 Å². The third kappa shape index (κ3) is 1.95. The second kappa shape index (κ2) is 4.91. The summed E-state index contributed by atoms with van der Waals surface area (Å²) in [7, 11) is 0. The SMILES string of the molecule is C=C(C)c1cccc2c1C(=O)N(C1CCC(=O)NC1=O)C2=O. The highest BCUT2D eigenvalue weighted by Crippen LogP contribution is 2.32. The summed E-state index contributed by atoms with van der Waals surface area (Å²) in [6, 6.07) is 4.03. The molecule has 1 aromatic carbocycles. The number of nitrogens with one attached hydrogen (secondary N) is 1. The number of nitrogens with zero attached hydrogens (tertiary/aromatic N) is 1. The Balaban J connectivity index is 2.04. The lowest BCUT2D eigenvalue weighted by molar-refractivity contribution is -0.136. The van der Waals surface area contributed by atoms with E-state index in [9.17, 15) is 19.2 Å². The van der Waals surface area contributed by atoms with Gasteiger partial charge in [0.25, 0.3) is 11.8 Å². The van der Waals surface area contributed by atoms with Gasteiger partial charge in [0.15, 0.2) is 0 Å². The van der Waals surface area contributed by atoms with Crippen LogP contribution in [0.5, 0.6) is 0 Å². The second-order valence-electron chi connectivity index (χ2n) is 5.46. The summed E-state index contributed by atoms with van der Waals surface area (Å²) in [5.74, 6) is -2.01. The molecule has 2 heterocycles. The molecule has 0 aliphatic carbocycles. The van der Waals surface area contributed by atoms with Crippen molar-refractivity contribution in [2.24, 2.45) is 0 Å². The second-order valence-corrected chi connectivity index (χ2v) is 5.46. The summed E-state index contributed by atoms with van der Waals surface area (Å²) in [6.45, 7) is 5.57. The van der Waals surface area contributed by atoms with Crippen molar-refractivity contribution in [2.45, 2.75) is 25.8 Å². The molecular weight excluding hydrogens is 284 g/mol. The molecule has 1 N–H and O–H groups in total. The molecule has 0 spiro atoms. The Bertz CT molecular complexity index is 751. The van der Waals surface area contributed by atoms with Crippen LogP contribution in [0.1, 0.15) is 46.0 Å². The number of hydrogen-bond acceptors (Lipinski definition) is 4. The van der Waals surface area contributed by atoms with Gasteiger partial charge in [-0.1, -0.05) is 24.3 Å². The van der Waals surface area contributed by atoms with E-state index < -0.39 is 23.8 Å². The van der Waals surface area contributed by atoms with E-state index in [1.165, 1.54) is 0 Å². The van der Waals surface area contributed by atoms with Crippen molar-refractivity contribution in [3.8, 4) is 0 Å². The predicted molar refractivity (Wildman–Crippen MR) is 77.8 cm³/mol. The monoisotopic (exact) mass is 298 g/mol. The van der Waals surface area contributed by atoms with Gasteiger partial charge in [-0.15, -0.1) is 0 Å². The highest BCUT2D eigenvalue weighted by molar-refractivity contribution is 6.24. The van der Waals surface area contributed by atoms with Crippen LogP contribution in [-0.4, -0.2) is 34.6 Å². The molecule has 0 aromatic heterocycles. The molecule has 2 aliphatic rings. The summed E-state index contributed by atoms with van der Waals surface area (Å²) in [5.41, 5.74) is 1.83. The average Bonchev–Trinajstić information content (AvgIpc) is 2.72. The molecule has 0 bridgehead atoms. The van der Waals surface area contributed by atoms with Gasteiger partial charge in [-0.3, -0.25) is 29.4 Å². The van der Waals surface area contributed by atoms with E-state index in [2.05, 4.69) is 11.9 Å². The number of allylic oxidation sites excluding steroid dienone is 1. The first-order valence-electron chi connectivity index (χ1n) is 6.92. The number of benzene rings is 1. The van der Waals surface area contributed by atoms with Crippen molar-refractivity contribution in [1.29, 1.82) is 0 Å². The maximum absolute atomic E-state index is 12.7. The van der Waals surface area contributed by atoms with E-state index in [4.69, 9.17) is 0 Å². The molecular formula is C16H14N2O4. The molecule has 2 aliphatic heterocycles. The molecule has 1 saturated heterocycles. The summed E-state index contributed by atoms with van der Waals surface area (Å²) >= 11 is 0. The standard InChI is InChI=1S/C16H14N2O4/c1-8(2)9-4-3-5-10-13(9)16(22)18(15(10)21)11-6-7-12(19)17-14(11)20/h3-5,11H,1,6-7H2,2H3,(H,17,19,20). The van der Waals surface area contributed by atoms with Crippen LogP contribution in [0.2, 0.25) is 0 Å². The fraction of sp³-hybridized carbons (Fsp3) is 0.250. The first-order valence-corrected chi connectivity index (χ1v) is 6.92. The van der Waals surface area contributed by atoms with Crippen molar-refractivity contribution in [3.05, 3.63) is 41.5 Å². The Kier molecular flexibility index (Phi) is 3.16. The maximum Gasteiger partial charge on any atom is 0.262 e. The van der Waals surface area contributed by atoms with E-state index in [0.29, 0.717) is 11.1 Å². The Morgan fingerprint density at radius 1 is 1.23 bits per heavy atom. The van der Waals surface area contributed by atoms with Gasteiger partial charge >= 0.3 is 0 Å². The number of rotatable bonds is 2. The lowest BCUT2D eigenvalue weighted by Gasteiger charge is -2.27. The molecule has 1 aromatic rings. The Morgan fingerprint density at radius 3 is 2.59 bits per heavy atom. The number of amides is 4. The molecule has 1 atom stereocenters. The fourth-order valence-electron chi connectivity index (χ4n) is 2.87. The van der Waals surface area contributed by atoms with Crippen molar-refractivity contribution in [2.75, 3.05) is 0 Å². The number of piperidine rings is 1. The van der Waals surface area contributed by atoms with E-state index >= 15 is 0 Å². The van der Waals surface area contributed by atoms with Crippen LogP contribution in [0, 0.1) is 0 Å². The number of carbonyl (C=O) groups is 4. The molecule has 6 heteroatoms. The highest BCUT2D eigenvalue weighted by Gasteiger charge is 2.45. The van der Waals surface area contributed by atoms with Crippen LogP contribution < -0.4 is 5.32 Å². The molecule has 0 saturated carbocycles. The summed E-state index contributed by atoms with van der Waals surface area (Å²) < 4.78 is 0. The van der Waals surface area contributed by atoms with Gasteiger partial charge in [0.05, 0.1) is 11.1 Å². The normalized spacial score (nSPS) is 21.0. The van der Waals surface area contributed by atoms with Crippen LogP contribution in [0.25, 0.3) is 5.57 Å². The third-order valence-electron chi connectivity index (χ3n) is 3.93. The van der Waals surface area contributed by atoms with Gasteiger partial charge in [0.2, 0.25) is 11.8 Å². The first kappa shape index (κ1) is 14.2. The van der Waals surface area contributed by atoms with E-state index in [1.54, 1.807) is 25.1 Å². The van der Waals surface area contributed by atoms with Gasteiger partial charge in [-0.2, -0.15) is 0 Å². The minimum Gasteiger partial charge on any atom is -0.295 e. The zero-order valence-electron chi connectivity index (χ0n) is 12.0. The largest absolute Gasteiger partial charge is 0.295 e. The van der Waals surface area contributed by atoms with Crippen LogP contribution in [-0.2, 0) is 9.59 Å². The van der Waals surface area contributed by atoms with Crippen LogP contribution in [0.3, 0.4) is 0 Å². The van der Waals surface area contributed by atoms with Gasteiger partial charge in [-0.05, 0) is 25.0 Å². The maximum atomic E-state index is 12.7. The number of fused-ring (bicyclic) bond motifs is 1. The smallest absolute Gasteiger partial charge is 0.262 e. The quantitative estimate of drug-likeness (QED) is 0.829. The van der Waals surface area contributed by atoms with Crippen LogP contribution in [0.15, 0.2) is 24.8 Å². The lowest BCUT2D eigenvalue weighted by atomic mass is 9.98. The van der Waals surface area contributed by atoms with Gasteiger partial charge in [0.1, 0.15) is 6.04 Å². The molecule has 22 heavy (non-hydrogen) atoms. The van der Waals surface area contributed by atoms with Crippen molar-refractivity contribution >= 4 is 29.2 Å². The lowest BCUT2D eigenvalue weighted by Crippen LogP contribution is -2.54. The summed E-state index contributed by atoms with van der Waals surface area (Å²) in [5, 5.41) is 2.17. The predicted octanol–water partition coefficient (Wildman–Crippen LogP) is 1.12. The topological polar surface area (TPSA) is 83.6 Å². The van der Waals surface area contributed by atoms with Crippen LogP contribution in [0.4, 0.5) is 0 Å². The first-order chi connectivity index (χ1) is 10.4. The van der Waals surface area contributed by atoms with Crippen molar-refractivity contribution in [1.82, 2.24) is 10.2 Å². The summed E-state index contributed by atoms with van der Waals surface area (Å²) in [6.07, 6.45) is 0.260. The fourth-order valence-corrected chi connectivity index (χ4v) is 2.87. The minimum atomic E-state index is -0.942. The molecule has 6 nitrogen and oxygen atoms in total. The Morgan fingerprint density at radius 2 is 1.95 bits per heavy atom. The van der Waals surface area contributed by atoms with E-state index in [1.807, 2.05) is 0 Å². The number of carbonyl (C=O) groups excluding carboxylic acids is 4. The minimum absolute atomic E-state index is 0.108. The summed E-state index contributed by atoms with van der Waals surface area (Å²) in [4.78, 5) is 49.3.